The first kappa shape index (κ1) is 16.8. The number of hydrogen-bond acceptors (Lipinski definition) is 4. The van der Waals surface area contributed by atoms with Gasteiger partial charge in [0, 0.05) is 17.0 Å². The maximum Gasteiger partial charge on any atom is 0.233 e. The SMILES string of the molecule is Cc1ccc(SCC(=O)N(C2CC2)[C@@H]2CCS(=O)(=O)C2)c(C)c1. The van der Waals surface area contributed by atoms with Gasteiger partial charge in [0.2, 0.25) is 5.91 Å². The average Bonchev–Trinajstić information content (AvgIpc) is 3.22. The molecule has 126 valence electrons. The fraction of sp³-hybridized carbons (Fsp3) is 0.588. The van der Waals surface area contributed by atoms with Crippen molar-refractivity contribution in [1.29, 1.82) is 0 Å². The van der Waals surface area contributed by atoms with E-state index >= 15 is 0 Å². The van der Waals surface area contributed by atoms with Crippen molar-refractivity contribution in [2.45, 2.75) is 50.1 Å². The van der Waals surface area contributed by atoms with Crippen molar-refractivity contribution in [3.8, 4) is 0 Å². The second kappa shape index (κ2) is 6.48. The second-order valence-electron chi connectivity index (χ2n) is 6.65. The third-order valence-corrected chi connectivity index (χ3v) is 7.42. The Hall–Kier alpha value is -1.01. The van der Waals surface area contributed by atoms with Crippen molar-refractivity contribution in [1.82, 2.24) is 4.90 Å². The van der Waals surface area contributed by atoms with E-state index in [1.807, 2.05) is 4.90 Å². The number of carbonyl (C=O) groups is 1. The van der Waals surface area contributed by atoms with Gasteiger partial charge in [0.1, 0.15) is 0 Å². The Labute approximate surface area is 142 Å². The highest BCUT2D eigenvalue weighted by Crippen LogP contribution is 2.33. The summed E-state index contributed by atoms with van der Waals surface area (Å²) in [5.74, 6) is 0.832. The monoisotopic (exact) mass is 353 g/mol. The molecule has 1 heterocycles. The number of benzene rings is 1. The molecule has 1 aromatic rings. The Morgan fingerprint density at radius 1 is 1.22 bits per heavy atom. The molecule has 2 aliphatic rings. The van der Waals surface area contributed by atoms with Crippen LogP contribution in [0, 0.1) is 13.8 Å². The Morgan fingerprint density at radius 2 is 1.96 bits per heavy atom. The molecule has 0 spiro atoms. The first-order valence-corrected chi connectivity index (χ1v) is 10.9. The minimum Gasteiger partial charge on any atom is -0.335 e. The topological polar surface area (TPSA) is 54.5 Å². The van der Waals surface area contributed by atoms with E-state index in [4.69, 9.17) is 0 Å². The zero-order valence-electron chi connectivity index (χ0n) is 13.6. The summed E-state index contributed by atoms with van der Waals surface area (Å²) in [5, 5.41) is 0. The Morgan fingerprint density at radius 3 is 2.52 bits per heavy atom. The number of thioether (sulfide) groups is 1. The van der Waals surface area contributed by atoms with E-state index in [0.29, 0.717) is 12.2 Å². The lowest BCUT2D eigenvalue weighted by Gasteiger charge is -2.28. The van der Waals surface area contributed by atoms with Gasteiger partial charge in [0.15, 0.2) is 9.84 Å². The van der Waals surface area contributed by atoms with Gasteiger partial charge in [-0.3, -0.25) is 4.79 Å². The maximum absolute atomic E-state index is 12.7. The molecule has 2 fully saturated rings. The van der Waals surface area contributed by atoms with Gasteiger partial charge >= 0.3 is 0 Å². The highest BCUT2D eigenvalue weighted by atomic mass is 32.2. The molecule has 6 heteroatoms. The van der Waals surface area contributed by atoms with Crippen LogP contribution in [0.4, 0.5) is 0 Å². The lowest BCUT2D eigenvalue weighted by Crippen LogP contribution is -2.43. The van der Waals surface area contributed by atoms with Crippen LogP contribution in [-0.2, 0) is 14.6 Å². The smallest absolute Gasteiger partial charge is 0.233 e. The zero-order chi connectivity index (χ0) is 16.6. The molecule has 4 nitrogen and oxygen atoms in total. The van der Waals surface area contributed by atoms with E-state index in [9.17, 15) is 13.2 Å². The van der Waals surface area contributed by atoms with Crippen LogP contribution >= 0.6 is 11.8 Å². The molecule has 0 radical (unpaired) electrons. The summed E-state index contributed by atoms with van der Waals surface area (Å²) in [5.41, 5.74) is 2.40. The summed E-state index contributed by atoms with van der Waals surface area (Å²) in [7, 11) is -2.96. The van der Waals surface area contributed by atoms with Crippen molar-refractivity contribution in [3.05, 3.63) is 29.3 Å². The molecule has 1 aromatic carbocycles. The van der Waals surface area contributed by atoms with Crippen LogP contribution in [0.1, 0.15) is 30.4 Å². The van der Waals surface area contributed by atoms with Crippen LogP contribution in [-0.4, -0.2) is 48.6 Å². The van der Waals surface area contributed by atoms with Crippen molar-refractivity contribution in [2.24, 2.45) is 0 Å². The normalized spacial score (nSPS) is 23.0. The fourth-order valence-corrected chi connectivity index (χ4v) is 5.82. The molecule has 1 aliphatic heterocycles. The third kappa shape index (κ3) is 4.10. The van der Waals surface area contributed by atoms with E-state index in [0.717, 1.165) is 17.7 Å². The average molecular weight is 354 g/mol. The van der Waals surface area contributed by atoms with Gasteiger partial charge in [-0.05, 0) is 44.7 Å². The predicted molar refractivity (Wildman–Crippen MR) is 93.6 cm³/mol. The largest absolute Gasteiger partial charge is 0.335 e. The standard InChI is InChI=1S/C17H23NO3S2/c1-12-3-6-16(13(2)9-12)22-10-17(19)18(14-4-5-14)15-7-8-23(20,21)11-15/h3,6,9,14-15H,4-5,7-8,10-11H2,1-2H3/t15-/m1/s1. The van der Waals surface area contributed by atoms with E-state index in [1.54, 1.807) is 11.8 Å². The molecule has 0 bridgehead atoms. The number of hydrogen-bond donors (Lipinski definition) is 0. The Bertz CT molecular complexity index is 711. The van der Waals surface area contributed by atoms with E-state index in [2.05, 4.69) is 32.0 Å². The molecule has 3 rings (SSSR count). The number of nitrogens with zero attached hydrogens (tertiary/aromatic N) is 1. The quantitative estimate of drug-likeness (QED) is 0.764. The Kier molecular flexibility index (Phi) is 4.74. The number of carbonyl (C=O) groups excluding carboxylic acids is 1. The zero-order valence-corrected chi connectivity index (χ0v) is 15.3. The van der Waals surface area contributed by atoms with E-state index in [1.165, 1.54) is 11.1 Å². The van der Waals surface area contributed by atoms with Crippen LogP contribution < -0.4 is 0 Å². The van der Waals surface area contributed by atoms with E-state index in [-0.39, 0.29) is 29.5 Å². The molecular weight excluding hydrogens is 330 g/mol. The van der Waals surface area contributed by atoms with Gasteiger partial charge in [0.05, 0.1) is 17.3 Å². The van der Waals surface area contributed by atoms with Gasteiger partial charge in [-0.1, -0.05) is 17.7 Å². The van der Waals surface area contributed by atoms with Crippen LogP contribution in [0.2, 0.25) is 0 Å². The lowest BCUT2D eigenvalue weighted by atomic mass is 10.2. The van der Waals surface area contributed by atoms with Gasteiger partial charge in [-0.2, -0.15) is 0 Å². The van der Waals surface area contributed by atoms with Gasteiger partial charge in [-0.15, -0.1) is 11.8 Å². The minimum atomic E-state index is -2.96. The number of rotatable bonds is 5. The first-order valence-electron chi connectivity index (χ1n) is 8.07. The summed E-state index contributed by atoms with van der Waals surface area (Å²) >= 11 is 1.56. The molecule has 23 heavy (non-hydrogen) atoms. The first-order chi connectivity index (χ1) is 10.9. The highest BCUT2D eigenvalue weighted by molar-refractivity contribution is 8.00. The fourth-order valence-electron chi connectivity index (χ4n) is 3.23. The Balaban J connectivity index is 1.65. The molecular formula is C17H23NO3S2. The molecule has 1 saturated carbocycles. The van der Waals surface area contributed by atoms with Crippen LogP contribution in [0.5, 0.6) is 0 Å². The summed E-state index contributed by atoms with van der Waals surface area (Å²) in [4.78, 5) is 15.7. The van der Waals surface area contributed by atoms with Crippen molar-refractivity contribution < 1.29 is 13.2 Å². The van der Waals surface area contributed by atoms with Crippen molar-refractivity contribution in [2.75, 3.05) is 17.3 Å². The summed E-state index contributed by atoms with van der Waals surface area (Å²) in [6.07, 6.45) is 2.62. The summed E-state index contributed by atoms with van der Waals surface area (Å²) < 4.78 is 23.4. The van der Waals surface area contributed by atoms with Crippen LogP contribution in [0.25, 0.3) is 0 Å². The predicted octanol–water partition coefficient (Wildman–Crippen LogP) is 2.57. The van der Waals surface area contributed by atoms with Crippen molar-refractivity contribution >= 4 is 27.5 Å². The minimum absolute atomic E-state index is 0.0829. The van der Waals surface area contributed by atoms with Crippen molar-refractivity contribution in [3.63, 3.8) is 0 Å². The number of sulfone groups is 1. The molecule has 1 atom stereocenters. The van der Waals surface area contributed by atoms with Gasteiger partial charge in [0.25, 0.3) is 0 Å². The van der Waals surface area contributed by atoms with Gasteiger partial charge in [-0.25, -0.2) is 8.42 Å². The third-order valence-electron chi connectivity index (χ3n) is 4.51. The number of amides is 1. The molecule has 0 N–H and O–H groups in total. The summed E-state index contributed by atoms with van der Waals surface area (Å²) in [6, 6.07) is 6.39. The molecule has 1 aliphatic carbocycles. The summed E-state index contributed by atoms with van der Waals surface area (Å²) in [6.45, 7) is 4.12. The number of aryl methyl sites for hydroxylation is 2. The molecule has 1 amide bonds. The van der Waals surface area contributed by atoms with Crippen LogP contribution in [0.15, 0.2) is 23.1 Å². The van der Waals surface area contributed by atoms with E-state index < -0.39 is 9.84 Å². The molecule has 0 aromatic heterocycles. The van der Waals surface area contributed by atoms with Crippen LogP contribution in [0.3, 0.4) is 0 Å². The highest BCUT2D eigenvalue weighted by Gasteiger charge is 2.41. The lowest BCUT2D eigenvalue weighted by molar-refractivity contribution is -0.130. The maximum atomic E-state index is 12.7. The molecule has 0 unspecified atom stereocenters. The van der Waals surface area contributed by atoms with Gasteiger partial charge < -0.3 is 4.90 Å². The second-order valence-corrected chi connectivity index (χ2v) is 9.89. The molecule has 1 saturated heterocycles.